The predicted molar refractivity (Wildman–Crippen MR) is 47.1 cm³/mol. The van der Waals surface area contributed by atoms with E-state index in [-0.39, 0.29) is 12.5 Å². The van der Waals surface area contributed by atoms with Gasteiger partial charge in [0, 0.05) is 6.54 Å². The van der Waals surface area contributed by atoms with Gasteiger partial charge in [0.1, 0.15) is 6.61 Å². The number of rotatable bonds is 3. The van der Waals surface area contributed by atoms with Crippen molar-refractivity contribution < 1.29 is 17.9 Å². The molecule has 2 nitrogen and oxygen atoms in total. The minimum Gasteiger partial charge on any atom is -0.372 e. The van der Waals surface area contributed by atoms with Gasteiger partial charge >= 0.3 is 6.18 Å². The number of likely N-dealkylation sites (tertiary alicyclic amines) is 1. The Bertz CT molecular complexity index is 172. The Kier molecular flexibility index (Phi) is 4.19. The molecule has 0 aliphatic carbocycles. The fraction of sp³-hybridized carbons (Fsp3) is 1.00. The summed E-state index contributed by atoms with van der Waals surface area (Å²) in [4.78, 5) is 2.13. The fourth-order valence-corrected chi connectivity index (χ4v) is 1.75. The topological polar surface area (TPSA) is 12.5 Å². The van der Waals surface area contributed by atoms with Crippen LogP contribution in [0.2, 0.25) is 0 Å². The van der Waals surface area contributed by atoms with Crippen LogP contribution in [0.4, 0.5) is 13.2 Å². The van der Waals surface area contributed by atoms with Gasteiger partial charge in [-0.25, -0.2) is 0 Å². The molecule has 1 aliphatic heterocycles. The van der Waals surface area contributed by atoms with Crippen molar-refractivity contribution in [2.24, 2.45) is 5.92 Å². The molecule has 0 aromatic heterocycles. The molecule has 1 atom stereocenters. The summed E-state index contributed by atoms with van der Waals surface area (Å²) >= 11 is 0. The molecule has 1 unspecified atom stereocenters. The van der Waals surface area contributed by atoms with Crippen molar-refractivity contribution in [3.05, 3.63) is 0 Å². The van der Waals surface area contributed by atoms with Crippen molar-refractivity contribution in [2.75, 3.05) is 33.4 Å². The van der Waals surface area contributed by atoms with Gasteiger partial charge in [0.05, 0.1) is 6.61 Å². The highest BCUT2D eigenvalue weighted by atomic mass is 19.4. The molecule has 1 saturated heterocycles. The zero-order chi connectivity index (χ0) is 10.6. The minimum absolute atomic E-state index is 0.226. The molecule has 84 valence electrons. The van der Waals surface area contributed by atoms with Crippen LogP contribution in [0, 0.1) is 5.92 Å². The zero-order valence-corrected chi connectivity index (χ0v) is 8.31. The second kappa shape index (κ2) is 4.98. The van der Waals surface area contributed by atoms with E-state index >= 15 is 0 Å². The Morgan fingerprint density at radius 3 is 2.71 bits per heavy atom. The molecule has 0 bridgehead atoms. The summed E-state index contributed by atoms with van der Waals surface area (Å²) in [5.41, 5.74) is 0. The summed E-state index contributed by atoms with van der Waals surface area (Å²) in [7, 11) is 1.98. The third-order valence-electron chi connectivity index (χ3n) is 2.34. The molecule has 0 amide bonds. The summed E-state index contributed by atoms with van der Waals surface area (Å²) in [5.74, 6) is 0.260. The van der Waals surface area contributed by atoms with E-state index in [0.29, 0.717) is 0 Å². The highest BCUT2D eigenvalue weighted by Crippen LogP contribution is 2.18. The standard InChI is InChI=1S/C9H16F3NO/c1-13-4-2-3-8(5-13)6-14-7-9(10,11)12/h8H,2-7H2,1H3. The van der Waals surface area contributed by atoms with E-state index in [1.807, 2.05) is 7.05 Å². The van der Waals surface area contributed by atoms with Gasteiger partial charge in [-0.3, -0.25) is 0 Å². The number of piperidine rings is 1. The number of nitrogens with zero attached hydrogens (tertiary/aromatic N) is 1. The van der Waals surface area contributed by atoms with Gasteiger partial charge in [-0.2, -0.15) is 13.2 Å². The number of hydrogen-bond donors (Lipinski definition) is 0. The van der Waals surface area contributed by atoms with Crippen molar-refractivity contribution in [1.82, 2.24) is 4.90 Å². The molecule has 0 spiro atoms. The third-order valence-corrected chi connectivity index (χ3v) is 2.34. The van der Waals surface area contributed by atoms with Gasteiger partial charge in [-0.05, 0) is 32.4 Å². The largest absolute Gasteiger partial charge is 0.411 e. The first-order valence-corrected chi connectivity index (χ1v) is 4.80. The lowest BCUT2D eigenvalue weighted by atomic mass is 10.00. The molecule has 5 heteroatoms. The molecule has 1 aliphatic rings. The molecule has 0 radical (unpaired) electrons. The highest BCUT2D eigenvalue weighted by Gasteiger charge is 2.28. The Morgan fingerprint density at radius 2 is 2.14 bits per heavy atom. The van der Waals surface area contributed by atoms with E-state index in [9.17, 15) is 13.2 Å². The Labute approximate surface area is 82.0 Å². The zero-order valence-electron chi connectivity index (χ0n) is 8.31. The van der Waals surface area contributed by atoms with E-state index in [2.05, 4.69) is 9.64 Å². The van der Waals surface area contributed by atoms with Crippen LogP contribution in [0.5, 0.6) is 0 Å². The van der Waals surface area contributed by atoms with Crippen molar-refractivity contribution in [3.63, 3.8) is 0 Å². The molecule has 1 rings (SSSR count). The monoisotopic (exact) mass is 211 g/mol. The third kappa shape index (κ3) is 4.81. The quantitative estimate of drug-likeness (QED) is 0.707. The van der Waals surface area contributed by atoms with Gasteiger partial charge in [-0.15, -0.1) is 0 Å². The normalized spacial score (nSPS) is 25.3. The number of halogens is 3. The van der Waals surface area contributed by atoms with E-state index in [0.717, 1.165) is 25.9 Å². The lowest BCUT2D eigenvalue weighted by Crippen LogP contribution is -2.34. The lowest BCUT2D eigenvalue weighted by Gasteiger charge is -2.29. The van der Waals surface area contributed by atoms with Crippen molar-refractivity contribution >= 4 is 0 Å². The highest BCUT2D eigenvalue weighted by molar-refractivity contribution is 4.70. The van der Waals surface area contributed by atoms with Crippen molar-refractivity contribution in [1.29, 1.82) is 0 Å². The fourth-order valence-electron chi connectivity index (χ4n) is 1.75. The van der Waals surface area contributed by atoms with Crippen molar-refractivity contribution in [3.8, 4) is 0 Å². The molecule has 1 fully saturated rings. The first kappa shape index (κ1) is 11.8. The Hall–Kier alpha value is -0.290. The molecule has 0 aromatic rings. The molecule has 1 heterocycles. The first-order chi connectivity index (χ1) is 6.47. The minimum atomic E-state index is -4.19. The van der Waals surface area contributed by atoms with Crippen LogP contribution in [0.25, 0.3) is 0 Å². The predicted octanol–water partition coefficient (Wildman–Crippen LogP) is 1.91. The van der Waals surface area contributed by atoms with E-state index < -0.39 is 12.8 Å². The molecular formula is C9H16F3NO. The van der Waals surface area contributed by atoms with E-state index in [4.69, 9.17) is 0 Å². The number of alkyl halides is 3. The first-order valence-electron chi connectivity index (χ1n) is 4.80. The van der Waals surface area contributed by atoms with E-state index in [1.165, 1.54) is 0 Å². The summed E-state index contributed by atoms with van der Waals surface area (Å²) in [5, 5.41) is 0. The van der Waals surface area contributed by atoms with Crippen molar-refractivity contribution in [2.45, 2.75) is 19.0 Å². The van der Waals surface area contributed by atoms with Crippen LogP contribution in [0.3, 0.4) is 0 Å². The smallest absolute Gasteiger partial charge is 0.372 e. The molecule has 14 heavy (non-hydrogen) atoms. The summed E-state index contributed by atoms with van der Waals surface area (Å²) in [6, 6.07) is 0. The average Bonchev–Trinajstić information content (AvgIpc) is 2.01. The summed E-state index contributed by atoms with van der Waals surface area (Å²) in [6.45, 7) is 0.991. The SMILES string of the molecule is CN1CCCC(COCC(F)(F)F)C1. The van der Waals surface area contributed by atoms with Gasteiger partial charge < -0.3 is 9.64 Å². The average molecular weight is 211 g/mol. The summed E-state index contributed by atoms with van der Waals surface area (Å²) < 4.78 is 39.9. The van der Waals surface area contributed by atoms with Crippen LogP contribution >= 0.6 is 0 Å². The second-order valence-electron chi connectivity index (χ2n) is 3.90. The Morgan fingerprint density at radius 1 is 1.43 bits per heavy atom. The maximum atomic E-state index is 11.8. The van der Waals surface area contributed by atoms with Crippen LogP contribution in [0.15, 0.2) is 0 Å². The summed E-state index contributed by atoms with van der Waals surface area (Å²) in [6.07, 6.45) is -2.17. The van der Waals surface area contributed by atoms with Gasteiger partial charge in [0.2, 0.25) is 0 Å². The van der Waals surface area contributed by atoms with Crippen LogP contribution < -0.4 is 0 Å². The van der Waals surface area contributed by atoms with E-state index in [1.54, 1.807) is 0 Å². The molecule has 0 aromatic carbocycles. The second-order valence-corrected chi connectivity index (χ2v) is 3.90. The van der Waals surface area contributed by atoms with Gasteiger partial charge in [0.25, 0.3) is 0 Å². The molecule has 0 saturated carbocycles. The maximum Gasteiger partial charge on any atom is 0.411 e. The van der Waals surface area contributed by atoms with Crippen LogP contribution in [-0.4, -0.2) is 44.4 Å². The maximum absolute atomic E-state index is 11.8. The lowest BCUT2D eigenvalue weighted by molar-refractivity contribution is -0.177. The number of ether oxygens (including phenoxy) is 1. The van der Waals surface area contributed by atoms with Gasteiger partial charge in [0.15, 0.2) is 0 Å². The molecule has 0 N–H and O–H groups in total. The Balaban J connectivity index is 2.12. The van der Waals surface area contributed by atoms with Gasteiger partial charge in [-0.1, -0.05) is 0 Å². The van der Waals surface area contributed by atoms with Crippen LogP contribution in [0.1, 0.15) is 12.8 Å². The number of hydrogen-bond acceptors (Lipinski definition) is 2. The van der Waals surface area contributed by atoms with Crippen LogP contribution in [-0.2, 0) is 4.74 Å². The molecular weight excluding hydrogens is 195 g/mol.